The SMILES string of the molecule is COc1ccccc1NC(=O)[C@H]1CC2c3ccccc3C1c1ccccc12. The first-order valence-electron chi connectivity index (χ1n) is 9.39. The smallest absolute Gasteiger partial charge is 0.228 e. The Bertz CT molecular complexity index is 979. The van der Waals surface area contributed by atoms with Gasteiger partial charge < -0.3 is 10.1 Å². The summed E-state index contributed by atoms with van der Waals surface area (Å²) in [4.78, 5) is 13.3. The van der Waals surface area contributed by atoms with Crippen molar-refractivity contribution >= 4 is 11.6 Å². The lowest BCUT2D eigenvalue weighted by molar-refractivity contribution is -0.121. The highest BCUT2D eigenvalue weighted by atomic mass is 16.5. The molecule has 0 spiro atoms. The topological polar surface area (TPSA) is 38.3 Å². The zero-order valence-electron chi connectivity index (χ0n) is 15.2. The zero-order chi connectivity index (χ0) is 18.4. The van der Waals surface area contributed by atoms with Crippen LogP contribution in [0.25, 0.3) is 0 Å². The third kappa shape index (κ3) is 2.46. The molecular formula is C24H21NO2. The van der Waals surface area contributed by atoms with Crippen LogP contribution in [0.5, 0.6) is 5.75 Å². The third-order valence-corrected chi connectivity index (χ3v) is 6.01. The van der Waals surface area contributed by atoms with Gasteiger partial charge in [-0.25, -0.2) is 0 Å². The monoisotopic (exact) mass is 355 g/mol. The Morgan fingerprint density at radius 3 is 2.04 bits per heavy atom. The van der Waals surface area contributed by atoms with E-state index in [1.165, 1.54) is 22.3 Å². The van der Waals surface area contributed by atoms with E-state index in [0.717, 1.165) is 12.1 Å². The van der Waals surface area contributed by atoms with Crippen molar-refractivity contribution < 1.29 is 9.53 Å². The summed E-state index contributed by atoms with van der Waals surface area (Å²) in [7, 11) is 1.63. The van der Waals surface area contributed by atoms with E-state index in [0.29, 0.717) is 5.75 Å². The van der Waals surface area contributed by atoms with Gasteiger partial charge in [0.1, 0.15) is 5.75 Å². The fourth-order valence-corrected chi connectivity index (χ4v) is 4.87. The maximum absolute atomic E-state index is 13.3. The lowest BCUT2D eigenvalue weighted by atomic mass is 9.59. The molecule has 0 saturated heterocycles. The van der Waals surface area contributed by atoms with Crippen LogP contribution < -0.4 is 10.1 Å². The number of rotatable bonds is 3. The zero-order valence-corrected chi connectivity index (χ0v) is 15.2. The fraction of sp³-hybridized carbons (Fsp3) is 0.208. The number of carbonyl (C=O) groups is 1. The molecule has 0 aromatic heterocycles. The van der Waals surface area contributed by atoms with E-state index < -0.39 is 0 Å². The number of para-hydroxylation sites is 2. The average Bonchev–Trinajstić information content (AvgIpc) is 2.74. The molecule has 3 nitrogen and oxygen atoms in total. The van der Waals surface area contributed by atoms with E-state index in [4.69, 9.17) is 4.74 Å². The van der Waals surface area contributed by atoms with Crippen LogP contribution in [0.15, 0.2) is 72.8 Å². The molecular weight excluding hydrogens is 334 g/mol. The van der Waals surface area contributed by atoms with Gasteiger partial charge in [-0.3, -0.25) is 4.79 Å². The van der Waals surface area contributed by atoms with Crippen molar-refractivity contribution in [3.05, 3.63) is 95.1 Å². The number of fused-ring (bicyclic) bond motifs is 1. The molecule has 0 saturated carbocycles. The Morgan fingerprint density at radius 1 is 0.852 bits per heavy atom. The molecule has 1 N–H and O–H groups in total. The number of amides is 1. The summed E-state index contributed by atoms with van der Waals surface area (Å²) in [6.45, 7) is 0. The first-order chi connectivity index (χ1) is 13.3. The molecule has 3 aliphatic rings. The van der Waals surface area contributed by atoms with Crippen molar-refractivity contribution in [2.45, 2.75) is 18.3 Å². The molecule has 0 radical (unpaired) electrons. The van der Waals surface area contributed by atoms with Gasteiger partial charge in [-0.2, -0.15) is 0 Å². The first-order valence-corrected chi connectivity index (χ1v) is 9.39. The molecule has 134 valence electrons. The number of hydrogen-bond acceptors (Lipinski definition) is 2. The van der Waals surface area contributed by atoms with Crippen LogP contribution in [-0.2, 0) is 4.79 Å². The van der Waals surface area contributed by atoms with Gasteiger partial charge in [-0.15, -0.1) is 0 Å². The second kappa shape index (κ2) is 6.27. The van der Waals surface area contributed by atoms with E-state index >= 15 is 0 Å². The number of ether oxygens (including phenoxy) is 1. The molecule has 0 aliphatic heterocycles. The molecule has 1 amide bonds. The van der Waals surface area contributed by atoms with Gasteiger partial charge in [-0.05, 0) is 40.8 Å². The van der Waals surface area contributed by atoms with Crippen LogP contribution in [0, 0.1) is 5.92 Å². The lowest BCUT2D eigenvalue weighted by Gasteiger charge is -2.44. The van der Waals surface area contributed by atoms with Gasteiger partial charge in [0.25, 0.3) is 0 Å². The molecule has 3 aromatic rings. The number of carbonyl (C=O) groups excluding carboxylic acids is 1. The number of hydrogen-bond donors (Lipinski definition) is 1. The Balaban J connectivity index is 1.55. The summed E-state index contributed by atoms with van der Waals surface area (Å²) in [5.41, 5.74) is 6.08. The van der Waals surface area contributed by atoms with Crippen molar-refractivity contribution in [3.8, 4) is 5.75 Å². The van der Waals surface area contributed by atoms with Crippen molar-refractivity contribution in [2.24, 2.45) is 5.92 Å². The van der Waals surface area contributed by atoms with E-state index in [9.17, 15) is 4.79 Å². The lowest BCUT2D eigenvalue weighted by Crippen LogP contribution is -2.38. The van der Waals surface area contributed by atoms with Gasteiger partial charge in [0.2, 0.25) is 5.91 Å². The second-order valence-corrected chi connectivity index (χ2v) is 7.32. The minimum Gasteiger partial charge on any atom is -0.495 e. The number of nitrogens with one attached hydrogen (secondary N) is 1. The summed E-state index contributed by atoms with van der Waals surface area (Å²) < 4.78 is 5.39. The standard InChI is InChI=1S/C24H21NO2/c1-27-22-13-7-6-12-21(22)25-24(26)20-14-19-15-8-2-4-10-17(15)23(20)18-11-5-3-9-16(18)19/h2-13,19-20,23H,14H2,1H3,(H,25,26)/t19?,20-,23?/m0/s1. The molecule has 27 heavy (non-hydrogen) atoms. The van der Waals surface area contributed by atoms with Crippen LogP contribution in [-0.4, -0.2) is 13.0 Å². The molecule has 1 atom stereocenters. The van der Waals surface area contributed by atoms with Crippen molar-refractivity contribution in [1.82, 2.24) is 0 Å². The van der Waals surface area contributed by atoms with Gasteiger partial charge in [-0.1, -0.05) is 60.7 Å². The van der Waals surface area contributed by atoms with E-state index in [2.05, 4.69) is 53.8 Å². The predicted octanol–water partition coefficient (Wildman–Crippen LogP) is 4.93. The van der Waals surface area contributed by atoms with Gasteiger partial charge in [0.15, 0.2) is 0 Å². The summed E-state index contributed by atoms with van der Waals surface area (Å²) in [5.74, 6) is 1.07. The second-order valence-electron chi connectivity index (χ2n) is 7.32. The highest BCUT2D eigenvalue weighted by molar-refractivity contribution is 5.95. The highest BCUT2D eigenvalue weighted by Crippen LogP contribution is 2.55. The van der Waals surface area contributed by atoms with Crippen LogP contribution in [0.4, 0.5) is 5.69 Å². The highest BCUT2D eigenvalue weighted by Gasteiger charge is 2.45. The minimum atomic E-state index is -0.0790. The minimum absolute atomic E-state index is 0.0681. The van der Waals surface area contributed by atoms with Crippen molar-refractivity contribution in [1.29, 1.82) is 0 Å². The van der Waals surface area contributed by atoms with Crippen LogP contribution in [0.3, 0.4) is 0 Å². The van der Waals surface area contributed by atoms with Gasteiger partial charge in [0.05, 0.1) is 18.7 Å². The molecule has 3 aromatic carbocycles. The number of benzene rings is 3. The number of anilines is 1. The predicted molar refractivity (Wildman–Crippen MR) is 106 cm³/mol. The number of methoxy groups -OCH3 is 1. The van der Waals surface area contributed by atoms with Crippen molar-refractivity contribution in [2.75, 3.05) is 12.4 Å². The van der Waals surface area contributed by atoms with E-state index in [1.54, 1.807) is 7.11 Å². The Hall–Kier alpha value is -3.07. The molecule has 3 heteroatoms. The van der Waals surface area contributed by atoms with Crippen LogP contribution in [0.2, 0.25) is 0 Å². The largest absolute Gasteiger partial charge is 0.495 e. The van der Waals surface area contributed by atoms with Crippen LogP contribution in [0.1, 0.15) is 40.5 Å². The molecule has 0 unspecified atom stereocenters. The summed E-state index contributed by atoms with van der Waals surface area (Å²) in [6.07, 6.45) is 0.847. The molecule has 2 bridgehead atoms. The molecule has 0 heterocycles. The molecule has 0 fully saturated rings. The summed E-state index contributed by atoms with van der Waals surface area (Å²) in [6, 6.07) is 24.8. The maximum atomic E-state index is 13.3. The van der Waals surface area contributed by atoms with Crippen molar-refractivity contribution in [3.63, 3.8) is 0 Å². The van der Waals surface area contributed by atoms with Crippen LogP contribution >= 0.6 is 0 Å². The van der Waals surface area contributed by atoms with Gasteiger partial charge in [0, 0.05) is 11.8 Å². The Kier molecular flexibility index (Phi) is 3.75. The summed E-state index contributed by atoms with van der Waals surface area (Å²) >= 11 is 0. The van der Waals surface area contributed by atoms with E-state index in [1.807, 2.05) is 24.3 Å². The quantitative estimate of drug-likeness (QED) is 0.723. The Labute approximate surface area is 159 Å². The first kappa shape index (κ1) is 16.1. The van der Waals surface area contributed by atoms with Gasteiger partial charge >= 0.3 is 0 Å². The molecule has 3 aliphatic carbocycles. The van der Waals surface area contributed by atoms with E-state index in [-0.39, 0.29) is 23.7 Å². The third-order valence-electron chi connectivity index (χ3n) is 6.01. The molecule has 6 rings (SSSR count). The Morgan fingerprint density at radius 2 is 1.41 bits per heavy atom. The average molecular weight is 355 g/mol. The maximum Gasteiger partial charge on any atom is 0.228 e. The fourth-order valence-electron chi connectivity index (χ4n) is 4.87. The summed E-state index contributed by atoms with van der Waals surface area (Å²) in [5, 5.41) is 3.11. The normalized spacial score (nSPS) is 21.9.